The number of carbonyl (C=O) groups excluding carboxylic acids is 2. The third-order valence-corrected chi connectivity index (χ3v) is 4.58. The third kappa shape index (κ3) is 11.0. The molecule has 0 saturated heterocycles. The largest absolute Gasteiger partial charge is 0.338 e. The Morgan fingerprint density at radius 2 is 0.933 bits per heavy atom. The Hall–Kier alpha value is -3.16. The predicted molar refractivity (Wildman–Crippen MR) is 117 cm³/mol. The van der Waals surface area contributed by atoms with Gasteiger partial charge < -0.3 is 21.3 Å². The predicted octanol–water partition coefficient (Wildman–Crippen LogP) is 3.12. The fourth-order valence-corrected chi connectivity index (χ4v) is 2.85. The second-order valence-electron chi connectivity index (χ2n) is 7.05. The summed E-state index contributed by atoms with van der Waals surface area (Å²) in [6.45, 7) is 2.37. The molecular weight excluding hydrogens is 380 g/mol. The lowest BCUT2D eigenvalue weighted by molar-refractivity contribution is 0.239. The van der Waals surface area contributed by atoms with Gasteiger partial charge in [-0.15, -0.1) is 0 Å². The molecule has 0 spiro atoms. The molecule has 0 aromatic carbocycles. The number of aromatic nitrogens is 2. The SMILES string of the molecule is O=C(NCCCCCCCCNC(=O)NCc1ccncc1)NCc1ccncc1. The van der Waals surface area contributed by atoms with Crippen molar-refractivity contribution in [2.45, 2.75) is 51.6 Å². The highest BCUT2D eigenvalue weighted by molar-refractivity contribution is 5.74. The standard InChI is InChI=1S/C22H32N6O2/c29-21(27-17-19-7-13-23-14-8-19)25-11-5-3-1-2-4-6-12-26-22(30)28-18-20-9-15-24-16-10-20/h7-10,13-16H,1-6,11-12,17-18H2,(H2,25,27,29)(H2,26,28,30). The van der Waals surface area contributed by atoms with Crippen LogP contribution >= 0.6 is 0 Å². The number of unbranched alkanes of at least 4 members (excludes halogenated alkanes) is 5. The zero-order valence-corrected chi connectivity index (χ0v) is 17.4. The molecule has 0 fully saturated rings. The van der Waals surface area contributed by atoms with E-state index in [1.54, 1.807) is 24.8 Å². The summed E-state index contributed by atoms with van der Waals surface area (Å²) in [6.07, 6.45) is 13.2. The molecule has 0 unspecified atom stereocenters. The van der Waals surface area contributed by atoms with Crippen molar-refractivity contribution in [1.82, 2.24) is 31.2 Å². The van der Waals surface area contributed by atoms with Gasteiger partial charge in [0.05, 0.1) is 0 Å². The first-order valence-corrected chi connectivity index (χ1v) is 10.6. The maximum atomic E-state index is 11.7. The molecule has 4 N–H and O–H groups in total. The van der Waals surface area contributed by atoms with Crippen molar-refractivity contribution >= 4 is 12.1 Å². The van der Waals surface area contributed by atoms with E-state index < -0.39 is 0 Å². The minimum atomic E-state index is -0.139. The maximum absolute atomic E-state index is 11.7. The van der Waals surface area contributed by atoms with Gasteiger partial charge >= 0.3 is 12.1 Å². The summed E-state index contributed by atoms with van der Waals surface area (Å²) in [7, 11) is 0. The summed E-state index contributed by atoms with van der Waals surface area (Å²) >= 11 is 0. The molecule has 162 valence electrons. The summed E-state index contributed by atoms with van der Waals surface area (Å²) in [6, 6.07) is 7.24. The van der Waals surface area contributed by atoms with E-state index in [0.717, 1.165) is 49.7 Å². The molecule has 2 rings (SSSR count). The van der Waals surface area contributed by atoms with Crippen molar-refractivity contribution in [3.8, 4) is 0 Å². The van der Waals surface area contributed by atoms with Crippen LogP contribution in [-0.2, 0) is 13.1 Å². The number of urea groups is 2. The van der Waals surface area contributed by atoms with Crippen LogP contribution in [0.4, 0.5) is 9.59 Å². The molecule has 2 aromatic heterocycles. The smallest absolute Gasteiger partial charge is 0.315 e. The topological polar surface area (TPSA) is 108 Å². The van der Waals surface area contributed by atoms with Gasteiger partial charge in [-0.05, 0) is 48.2 Å². The molecule has 8 nitrogen and oxygen atoms in total. The Morgan fingerprint density at radius 3 is 1.33 bits per heavy atom. The van der Waals surface area contributed by atoms with Crippen LogP contribution in [0.25, 0.3) is 0 Å². The fraction of sp³-hybridized carbons (Fsp3) is 0.455. The van der Waals surface area contributed by atoms with Crippen molar-refractivity contribution in [1.29, 1.82) is 0 Å². The summed E-state index contributed by atoms with van der Waals surface area (Å²) in [5.74, 6) is 0. The normalized spacial score (nSPS) is 10.3. The van der Waals surface area contributed by atoms with Crippen LogP contribution in [0.1, 0.15) is 49.7 Å². The van der Waals surface area contributed by atoms with E-state index >= 15 is 0 Å². The van der Waals surface area contributed by atoms with Crippen LogP contribution in [-0.4, -0.2) is 35.1 Å². The Balaban J connectivity index is 1.34. The number of nitrogens with zero attached hydrogens (tertiary/aromatic N) is 2. The van der Waals surface area contributed by atoms with Crippen molar-refractivity contribution in [3.05, 3.63) is 60.2 Å². The first kappa shape index (κ1) is 23.1. The van der Waals surface area contributed by atoms with Gasteiger partial charge in [0.2, 0.25) is 0 Å². The highest BCUT2D eigenvalue weighted by Gasteiger charge is 2.01. The Bertz CT molecular complexity index is 663. The van der Waals surface area contributed by atoms with E-state index in [1.807, 2.05) is 24.3 Å². The zero-order chi connectivity index (χ0) is 21.3. The molecule has 8 heteroatoms. The molecule has 0 aliphatic heterocycles. The number of pyridine rings is 2. The molecule has 0 aliphatic carbocycles. The summed E-state index contributed by atoms with van der Waals surface area (Å²) in [4.78, 5) is 31.3. The lowest BCUT2D eigenvalue weighted by Gasteiger charge is -2.08. The van der Waals surface area contributed by atoms with Gasteiger partial charge in [-0.3, -0.25) is 9.97 Å². The number of hydrogen-bond acceptors (Lipinski definition) is 4. The second-order valence-corrected chi connectivity index (χ2v) is 7.05. The van der Waals surface area contributed by atoms with Crippen molar-refractivity contribution in [3.63, 3.8) is 0 Å². The van der Waals surface area contributed by atoms with Crippen LogP contribution in [0, 0.1) is 0 Å². The zero-order valence-electron chi connectivity index (χ0n) is 17.4. The Kier molecular flexibility index (Phi) is 11.4. The minimum absolute atomic E-state index is 0.139. The van der Waals surface area contributed by atoms with E-state index in [4.69, 9.17) is 0 Å². The average molecular weight is 413 g/mol. The summed E-state index contributed by atoms with van der Waals surface area (Å²) in [5.41, 5.74) is 2.06. The van der Waals surface area contributed by atoms with Gasteiger partial charge in [0.15, 0.2) is 0 Å². The van der Waals surface area contributed by atoms with E-state index in [1.165, 1.54) is 0 Å². The van der Waals surface area contributed by atoms with Crippen molar-refractivity contribution in [2.75, 3.05) is 13.1 Å². The monoisotopic (exact) mass is 412 g/mol. The molecule has 4 amide bonds. The second kappa shape index (κ2) is 14.8. The molecule has 0 radical (unpaired) electrons. The van der Waals surface area contributed by atoms with Crippen molar-refractivity contribution < 1.29 is 9.59 Å². The van der Waals surface area contributed by atoms with Crippen LogP contribution in [0.3, 0.4) is 0 Å². The van der Waals surface area contributed by atoms with E-state index in [-0.39, 0.29) is 12.1 Å². The average Bonchev–Trinajstić information content (AvgIpc) is 2.79. The number of amides is 4. The Labute approximate surface area is 178 Å². The van der Waals surface area contributed by atoms with Crippen LogP contribution < -0.4 is 21.3 Å². The number of rotatable bonds is 13. The lowest BCUT2D eigenvalue weighted by atomic mass is 10.1. The van der Waals surface area contributed by atoms with Crippen molar-refractivity contribution in [2.24, 2.45) is 0 Å². The molecule has 0 bridgehead atoms. The fourth-order valence-electron chi connectivity index (χ4n) is 2.85. The van der Waals surface area contributed by atoms with Gasteiger partial charge in [-0.2, -0.15) is 0 Å². The van der Waals surface area contributed by atoms with Crippen LogP contribution in [0.2, 0.25) is 0 Å². The Morgan fingerprint density at radius 1 is 0.567 bits per heavy atom. The summed E-state index contributed by atoms with van der Waals surface area (Å²) < 4.78 is 0. The highest BCUT2D eigenvalue weighted by atomic mass is 16.2. The quantitative estimate of drug-likeness (QED) is 0.379. The lowest BCUT2D eigenvalue weighted by Crippen LogP contribution is -2.35. The van der Waals surface area contributed by atoms with Gasteiger partial charge in [0, 0.05) is 51.0 Å². The molecule has 2 heterocycles. The van der Waals surface area contributed by atoms with Gasteiger partial charge in [0.25, 0.3) is 0 Å². The van der Waals surface area contributed by atoms with E-state index in [9.17, 15) is 9.59 Å². The van der Waals surface area contributed by atoms with Crippen LogP contribution in [0.5, 0.6) is 0 Å². The van der Waals surface area contributed by atoms with Gasteiger partial charge in [0.1, 0.15) is 0 Å². The molecule has 0 saturated carbocycles. The highest BCUT2D eigenvalue weighted by Crippen LogP contribution is 2.04. The third-order valence-electron chi connectivity index (χ3n) is 4.58. The molecule has 30 heavy (non-hydrogen) atoms. The first-order chi connectivity index (χ1) is 14.7. The number of carbonyl (C=O) groups is 2. The van der Waals surface area contributed by atoms with Gasteiger partial charge in [-0.1, -0.05) is 25.7 Å². The molecule has 0 aliphatic rings. The maximum Gasteiger partial charge on any atom is 0.315 e. The minimum Gasteiger partial charge on any atom is -0.338 e. The first-order valence-electron chi connectivity index (χ1n) is 10.6. The molecular formula is C22H32N6O2. The van der Waals surface area contributed by atoms with E-state index in [0.29, 0.717) is 26.2 Å². The summed E-state index contributed by atoms with van der Waals surface area (Å²) in [5, 5.41) is 11.4. The number of nitrogens with one attached hydrogen (secondary N) is 4. The van der Waals surface area contributed by atoms with Crippen LogP contribution in [0.15, 0.2) is 49.1 Å². The molecule has 0 atom stereocenters. The van der Waals surface area contributed by atoms with Gasteiger partial charge in [-0.25, -0.2) is 9.59 Å². The number of hydrogen-bond donors (Lipinski definition) is 4. The van der Waals surface area contributed by atoms with E-state index in [2.05, 4.69) is 31.2 Å². The molecule has 2 aromatic rings.